The van der Waals surface area contributed by atoms with Gasteiger partial charge in [0.05, 0.1) is 6.61 Å². The number of hydrogen-bond donors (Lipinski definition) is 1. The first kappa shape index (κ1) is 14.9. The van der Waals surface area contributed by atoms with Crippen LogP contribution in [0.4, 0.5) is 0 Å². The van der Waals surface area contributed by atoms with Gasteiger partial charge in [-0.1, -0.05) is 31.2 Å². The topological polar surface area (TPSA) is 55.8 Å². The van der Waals surface area contributed by atoms with E-state index in [1.54, 1.807) is 12.1 Å². The third-order valence-electron chi connectivity index (χ3n) is 2.89. The summed E-state index contributed by atoms with van der Waals surface area (Å²) in [5.41, 5.74) is 1.03. The first-order chi connectivity index (χ1) is 10.2. The molecule has 21 heavy (non-hydrogen) atoms. The van der Waals surface area contributed by atoms with E-state index >= 15 is 0 Å². The van der Waals surface area contributed by atoms with Crippen molar-refractivity contribution < 1.29 is 19.4 Å². The van der Waals surface area contributed by atoms with Crippen LogP contribution in [0.25, 0.3) is 0 Å². The number of rotatable bonds is 6. The van der Waals surface area contributed by atoms with Gasteiger partial charge in [0.2, 0.25) is 0 Å². The summed E-state index contributed by atoms with van der Waals surface area (Å²) in [5.74, 6) is 0.179. The molecule has 4 nitrogen and oxygen atoms in total. The molecule has 0 fully saturated rings. The summed E-state index contributed by atoms with van der Waals surface area (Å²) in [6.45, 7) is 2.88. The highest BCUT2D eigenvalue weighted by molar-refractivity contribution is 5.92. The Morgan fingerprint density at radius 3 is 2.48 bits per heavy atom. The largest absolute Gasteiger partial charge is 0.507 e. The Kier molecular flexibility index (Phi) is 5.21. The lowest BCUT2D eigenvalue weighted by Gasteiger charge is -2.08. The number of phenols is 1. The van der Waals surface area contributed by atoms with Gasteiger partial charge >= 0.3 is 5.97 Å². The molecular formula is C17H18O4. The fraction of sp³-hybridized carbons (Fsp3) is 0.235. The van der Waals surface area contributed by atoms with Gasteiger partial charge in [-0.2, -0.15) is 0 Å². The van der Waals surface area contributed by atoms with E-state index in [-0.39, 0.29) is 17.9 Å². The number of ether oxygens (including phenoxy) is 2. The third-order valence-corrected chi connectivity index (χ3v) is 2.89. The number of carbonyl (C=O) groups excluding carboxylic acids is 1. The minimum absolute atomic E-state index is 0.0780. The second kappa shape index (κ2) is 7.33. The Hall–Kier alpha value is -2.49. The van der Waals surface area contributed by atoms with Crippen molar-refractivity contribution in [2.75, 3.05) is 6.61 Å². The molecule has 4 heteroatoms. The molecular weight excluding hydrogens is 268 g/mol. The Labute approximate surface area is 123 Å². The molecule has 0 spiro atoms. The zero-order valence-corrected chi connectivity index (χ0v) is 11.9. The standard InChI is InChI=1S/C17H18O4/c1-2-11-20-14-9-7-13(8-10-14)12-21-17(19)15-5-3-4-6-16(15)18/h3-10,18H,2,11-12H2,1H3. The summed E-state index contributed by atoms with van der Waals surface area (Å²) in [4.78, 5) is 11.8. The zero-order chi connectivity index (χ0) is 15.1. The van der Waals surface area contributed by atoms with Crippen molar-refractivity contribution in [1.82, 2.24) is 0 Å². The molecule has 2 aromatic carbocycles. The van der Waals surface area contributed by atoms with E-state index in [0.717, 1.165) is 17.7 Å². The maximum absolute atomic E-state index is 11.8. The van der Waals surface area contributed by atoms with Crippen LogP contribution in [-0.4, -0.2) is 17.7 Å². The van der Waals surface area contributed by atoms with Crippen LogP contribution in [0.5, 0.6) is 11.5 Å². The molecule has 0 atom stereocenters. The van der Waals surface area contributed by atoms with Gasteiger partial charge in [0, 0.05) is 0 Å². The molecule has 0 radical (unpaired) electrons. The quantitative estimate of drug-likeness (QED) is 0.825. The lowest BCUT2D eigenvalue weighted by Crippen LogP contribution is -2.05. The molecule has 0 unspecified atom stereocenters. The van der Waals surface area contributed by atoms with Crippen LogP contribution in [0, 0.1) is 0 Å². The Bertz CT molecular complexity index is 590. The molecule has 0 aliphatic heterocycles. The van der Waals surface area contributed by atoms with Gasteiger partial charge in [0.15, 0.2) is 0 Å². The minimum atomic E-state index is -0.542. The third kappa shape index (κ3) is 4.24. The van der Waals surface area contributed by atoms with Gasteiger partial charge in [-0.25, -0.2) is 4.79 Å². The predicted octanol–water partition coefficient (Wildman–Crippen LogP) is 3.54. The average molecular weight is 286 g/mol. The van der Waals surface area contributed by atoms with Gasteiger partial charge in [-0.3, -0.25) is 0 Å². The molecule has 0 bridgehead atoms. The molecule has 110 valence electrons. The predicted molar refractivity (Wildman–Crippen MR) is 79.5 cm³/mol. The molecule has 0 aromatic heterocycles. The summed E-state index contributed by atoms with van der Waals surface area (Å²) < 4.78 is 10.7. The van der Waals surface area contributed by atoms with Crippen molar-refractivity contribution in [3.63, 3.8) is 0 Å². The van der Waals surface area contributed by atoms with Crippen LogP contribution in [0.1, 0.15) is 29.3 Å². The Balaban J connectivity index is 1.91. The van der Waals surface area contributed by atoms with Gasteiger partial charge in [0.1, 0.15) is 23.7 Å². The van der Waals surface area contributed by atoms with Crippen molar-refractivity contribution in [3.8, 4) is 11.5 Å². The summed E-state index contributed by atoms with van der Waals surface area (Å²) in [6.07, 6.45) is 0.958. The first-order valence-electron chi connectivity index (χ1n) is 6.87. The van der Waals surface area contributed by atoms with Crippen LogP contribution >= 0.6 is 0 Å². The molecule has 0 aliphatic carbocycles. The van der Waals surface area contributed by atoms with E-state index in [2.05, 4.69) is 0 Å². The second-order valence-electron chi connectivity index (χ2n) is 4.59. The van der Waals surface area contributed by atoms with Crippen molar-refractivity contribution >= 4 is 5.97 Å². The number of aromatic hydroxyl groups is 1. The van der Waals surface area contributed by atoms with Gasteiger partial charge in [-0.05, 0) is 36.2 Å². The van der Waals surface area contributed by atoms with Gasteiger partial charge < -0.3 is 14.6 Å². The van der Waals surface area contributed by atoms with Crippen LogP contribution in [0.3, 0.4) is 0 Å². The highest BCUT2D eigenvalue weighted by Gasteiger charge is 2.11. The Morgan fingerprint density at radius 1 is 1.10 bits per heavy atom. The van der Waals surface area contributed by atoms with E-state index in [9.17, 15) is 9.90 Å². The number of phenolic OH excluding ortho intramolecular Hbond substituents is 1. The molecule has 0 saturated carbocycles. The van der Waals surface area contributed by atoms with Gasteiger partial charge in [0.25, 0.3) is 0 Å². The smallest absolute Gasteiger partial charge is 0.342 e. The molecule has 0 saturated heterocycles. The lowest BCUT2D eigenvalue weighted by molar-refractivity contribution is 0.0469. The minimum Gasteiger partial charge on any atom is -0.507 e. The summed E-state index contributed by atoms with van der Waals surface area (Å²) in [7, 11) is 0. The van der Waals surface area contributed by atoms with E-state index in [1.807, 2.05) is 31.2 Å². The van der Waals surface area contributed by atoms with Crippen molar-refractivity contribution in [1.29, 1.82) is 0 Å². The number of benzene rings is 2. The highest BCUT2D eigenvalue weighted by atomic mass is 16.5. The first-order valence-corrected chi connectivity index (χ1v) is 6.87. The summed E-state index contributed by atoms with van der Waals surface area (Å²) in [5, 5.41) is 9.58. The van der Waals surface area contributed by atoms with E-state index < -0.39 is 5.97 Å². The lowest BCUT2D eigenvalue weighted by atomic mass is 10.2. The number of para-hydroxylation sites is 1. The molecule has 0 heterocycles. The molecule has 0 aliphatic rings. The van der Waals surface area contributed by atoms with E-state index in [1.165, 1.54) is 12.1 Å². The maximum Gasteiger partial charge on any atom is 0.342 e. The summed E-state index contributed by atoms with van der Waals surface area (Å²) in [6, 6.07) is 13.7. The second-order valence-corrected chi connectivity index (χ2v) is 4.59. The van der Waals surface area contributed by atoms with Gasteiger partial charge in [-0.15, -0.1) is 0 Å². The van der Waals surface area contributed by atoms with E-state index in [4.69, 9.17) is 9.47 Å². The van der Waals surface area contributed by atoms with Crippen LogP contribution in [0.15, 0.2) is 48.5 Å². The van der Waals surface area contributed by atoms with Crippen LogP contribution < -0.4 is 4.74 Å². The van der Waals surface area contributed by atoms with Crippen molar-refractivity contribution in [2.45, 2.75) is 20.0 Å². The SMILES string of the molecule is CCCOc1ccc(COC(=O)c2ccccc2O)cc1. The molecule has 2 aromatic rings. The Morgan fingerprint density at radius 2 is 1.81 bits per heavy atom. The molecule has 0 amide bonds. The average Bonchev–Trinajstić information content (AvgIpc) is 2.52. The number of carbonyl (C=O) groups is 1. The summed E-state index contributed by atoms with van der Waals surface area (Å²) >= 11 is 0. The number of esters is 1. The van der Waals surface area contributed by atoms with E-state index in [0.29, 0.717) is 6.61 Å². The number of hydrogen-bond acceptors (Lipinski definition) is 4. The van der Waals surface area contributed by atoms with Crippen LogP contribution in [-0.2, 0) is 11.3 Å². The van der Waals surface area contributed by atoms with Crippen LogP contribution in [0.2, 0.25) is 0 Å². The van der Waals surface area contributed by atoms with Crippen molar-refractivity contribution in [3.05, 3.63) is 59.7 Å². The zero-order valence-electron chi connectivity index (χ0n) is 11.9. The fourth-order valence-electron chi connectivity index (χ4n) is 1.77. The highest BCUT2D eigenvalue weighted by Crippen LogP contribution is 2.18. The fourth-order valence-corrected chi connectivity index (χ4v) is 1.77. The maximum atomic E-state index is 11.8. The normalized spacial score (nSPS) is 10.1. The monoisotopic (exact) mass is 286 g/mol. The van der Waals surface area contributed by atoms with Crippen molar-refractivity contribution in [2.24, 2.45) is 0 Å². The molecule has 1 N–H and O–H groups in total. The molecule has 2 rings (SSSR count).